The van der Waals surface area contributed by atoms with Gasteiger partial charge in [0.05, 0.1) is 0 Å². The molecule has 6 heteroatoms. The Balaban J connectivity index is 2.78. The molecule has 2 N–H and O–H groups in total. The molecule has 0 saturated heterocycles. The minimum Gasteiger partial charge on any atom is -0.333 e. The summed E-state index contributed by atoms with van der Waals surface area (Å²) >= 11 is 0. The highest BCUT2D eigenvalue weighted by atomic mass is 16.2. The van der Waals surface area contributed by atoms with Gasteiger partial charge in [0.25, 0.3) is 5.56 Å². The summed E-state index contributed by atoms with van der Waals surface area (Å²) in [7, 11) is 1.59. The van der Waals surface area contributed by atoms with Crippen molar-refractivity contribution in [2.24, 2.45) is 7.05 Å². The maximum atomic E-state index is 11.5. The van der Waals surface area contributed by atoms with Crippen molar-refractivity contribution in [1.82, 2.24) is 14.9 Å². The molecule has 0 aliphatic carbocycles. The highest BCUT2D eigenvalue weighted by Gasteiger charge is 2.15. The first-order valence-electron chi connectivity index (χ1n) is 4.90. The van der Waals surface area contributed by atoms with Crippen LogP contribution in [0.15, 0.2) is 17.2 Å². The Kier molecular flexibility index (Phi) is 3.31. The fourth-order valence-electron chi connectivity index (χ4n) is 1.06. The van der Waals surface area contributed by atoms with Crippen LogP contribution in [0.5, 0.6) is 0 Å². The first-order chi connectivity index (χ1) is 7.29. The standard InChI is InChI=1S/C10H16N4O2/c1-10(2,3)13-9(16)12-7-8(15)14(4)6-5-11-7/h5-6H,1-4H3,(H2,11,12,13,16). The van der Waals surface area contributed by atoms with Gasteiger partial charge in [-0.05, 0) is 20.8 Å². The predicted molar refractivity (Wildman–Crippen MR) is 61.4 cm³/mol. The van der Waals surface area contributed by atoms with Gasteiger partial charge in [-0.1, -0.05) is 0 Å². The Labute approximate surface area is 93.7 Å². The number of nitrogens with zero attached hydrogens (tertiary/aromatic N) is 2. The van der Waals surface area contributed by atoms with Crippen LogP contribution >= 0.6 is 0 Å². The fraction of sp³-hybridized carbons (Fsp3) is 0.500. The number of amides is 2. The van der Waals surface area contributed by atoms with Crippen molar-refractivity contribution < 1.29 is 4.79 Å². The van der Waals surface area contributed by atoms with Crippen molar-refractivity contribution >= 4 is 11.8 Å². The number of rotatable bonds is 1. The lowest BCUT2D eigenvalue weighted by Crippen LogP contribution is -2.44. The Morgan fingerprint density at radius 1 is 1.44 bits per heavy atom. The summed E-state index contributed by atoms with van der Waals surface area (Å²) in [5.74, 6) is 0.0201. The van der Waals surface area contributed by atoms with Crippen LogP contribution in [0.1, 0.15) is 20.8 Å². The molecule has 1 rings (SSSR count). The van der Waals surface area contributed by atoms with E-state index < -0.39 is 6.03 Å². The van der Waals surface area contributed by atoms with Crippen LogP contribution in [0.2, 0.25) is 0 Å². The Bertz CT molecular complexity index is 445. The minimum atomic E-state index is -0.441. The van der Waals surface area contributed by atoms with Crippen LogP contribution in [0.25, 0.3) is 0 Å². The second-order valence-electron chi connectivity index (χ2n) is 4.52. The summed E-state index contributed by atoms with van der Waals surface area (Å²) in [5.41, 5.74) is -0.698. The van der Waals surface area contributed by atoms with Crippen LogP contribution < -0.4 is 16.2 Å². The van der Waals surface area contributed by atoms with E-state index in [9.17, 15) is 9.59 Å². The zero-order valence-corrected chi connectivity index (χ0v) is 9.87. The molecule has 0 aromatic carbocycles. The van der Waals surface area contributed by atoms with Gasteiger partial charge in [0, 0.05) is 25.0 Å². The SMILES string of the molecule is Cn1ccnc(NC(=O)NC(C)(C)C)c1=O. The van der Waals surface area contributed by atoms with E-state index in [0.29, 0.717) is 0 Å². The van der Waals surface area contributed by atoms with Gasteiger partial charge in [-0.25, -0.2) is 9.78 Å². The molecule has 0 fully saturated rings. The van der Waals surface area contributed by atoms with E-state index >= 15 is 0 Å². The lowest BCUT2D eigenvalue weighted by atomic mass is 10.1. The van der Waals surface area contributed by atoms with Crippen molar-refractivity contribution in [3.8, 4) is 0 Å². The molecule has 16 heavy (non-hydrogen) atoms. The number of anilines is 1. The summed E-state index contributed by atoms with van der Waals surface area (Å²) < 4.78 is 1.35. The molecule has 0 spiro atoms. The molecule has 0 aliphatic heterocycles. The molecule has 0 unspecified atom stereocenters. The van der Waals surface area contributed by atoms with Crippen molar-refractivity contribution in [3.63, 3.8) is 0 Å². The second kappa shape index (κ2) is 4.34. The number of aryl methyl sites for hydroxylation is 1. The van der Waals surface area contributed by atoms with E-state index in [0.717, 1.165) is 0 Å². The Morgan fingerprint density at radius 3 is 2.62 bits per heavy atom. The van der Waals surface area contributed by atoms with Gasteiger partial charge < -0.3 is 9.88 Å². The third-order valence-corrected chi connectivity index (χ3v) is 1.74. The quantitative estimate of drug-likeness (QED) is 0.737. The van der Waals surface area contributed by atoms with Crippen molar-refractivity contribution in [3.05, 3.63) is 22.7 Å². The van der Waals surface area contributed by atoms with Gasteiger partial charge in [0.2, 0.25) is 5.82 Å². The van der Waals surface area contributed by atoms with E-state index in [1.54, 1.807) is 7.05 Å². The van der Waals surface area contributed by atoms with Gasteiger partial charge in [0.1, 0.15) is 0 Å². The van der Waals surface area contributed by atoms with Gasteiger partial charge in [-0.15, -0.1) is 0 Å². The number of hydrogen-bond acceptors (Lipinski definition) is 3. The monoisotopic (exact) mass is 224 g/mol. The molecular formula is C10H16N4O2. The Hall–Kier alpha value is -1.85. The number of nitrogens with one attached hydrogen (secondary N) is 2. The van der Waals surface area contributed by atoms with Gasteiger partial charge >= 0.3 is 6.03 Å². The average molecular weight is 224 g/mol. The van der Waals surface area contributed by atoms with E-state index in [1.807, 2.05) is 20.8 Å². The molecule has 2 amide bonds. The highest BCUT2D eigenvalue weighted by molar-refractivity contribution is 5.88. The maximum Gasteiger partial charge on any atom is 0.320 e. The molecule has 1 aromatic heterocycles. The first-order valence-corrected chi connectivity index (χ1v) is 4.90. The molecule has 1 aromatic rings. The number of carbonyl (C=O) groups is 1. The molecule has 0 radical (unpaired) electrons. The van der Waals surface area contributed by atoms with Crippen LogP contribution in [-0.2, 0) is 7.05 Å². The maximum absolute atomic E-state index is 11.5. The Morgan fingerprint density at radius 2 is 2.06 bits per heavy atom. The summed E-state index contributed by atoms with van der Waals surface area (Å²) in [6, 6.07) is -0.441. The predicted octanol–water partition coefficient (Wildman–Crippen LogP) is 0.700. The van der Waals surface area contributed by atoms with Crippen LogP contribution in [0.3, 0.4) is 0 Å². The van der Waals surface area contributed by atoms with Gasteiger partial charge in [0.15, 0.2) is 0 Å². The van der Waals surface area contributed by atoms with Crippen LogP contribution in [0, 0.1) is 0 Å². The van der Waals surface area contributed by atoms with E-state index in [4.69, 9.17) is 0 Å². The molecule has 0 bridgehead atoms. The lowest BCUT2D eigenvalue weighted by Gasteiger charge is -2.20. The smallest absolute Gasteiger partial charge is 0.320 e. The molecular weight excluding hydrogens is 208 g/mol. The molecule has 0 atom stereocenters. The van der Waals surface area contributed by atoms with E-state index in [-0.39, 0.29) is 16.9 Å². The largest absolute Gasteiger partial charge is 0.333 e. The molecule has 0 aliphatic rings. The summed E-state index contributed by atoms with van der Waals surface area (Å²) in [4.78, 5) is 26.8. The third kappa shape index (κ3) is 3.38. The normalized spacial score (nSPS) is 11.0. The number of carbonyl (C=O) groups excluding carboxylic acids is 1. The third-order valence-electron chi connectivity index (χ3n) is 1.74. The summed E-state index contributed by atoms with van der Waals surface area (Å²) in [6.45, 7) is 5.55. The molecule has 88 valence electrons. The zero-order valence-electron chi connectivity index (χ0n) is 9.87. The van der Waals surface area contributed by atoms with Crippen molar-refractivity contribution in [1.29, 1.82) is 0 Å². The number of hydrogen-bond donors (Lipinski definition) is 2. The van der Waals surface area contributed by atoms with E-state index in [1.165, 1.54) is 17.0 Å². The number of urea groups is 1. The second-order valence-corrected chi connectivity index (χ2v) is 4.52. The summed E-state index contributed by atoms with van der Waals surface area (Å²) in [5, 5.41) is 5.09. The molecule has 6 nitrogen and oxygen atoms in total. The van der Waals surface area contributed by atoms with Crippen LogP contribution in [-0.4, -0.2) is 21.1 Å². The van der Waals surface area contributed by atoms with Gasteiger partial charge in [-0.3, -0.25) is 10.1 Å². The van der Waals surface area contributed by atoms with Gasteiger partial charge in [-0.2, -0.15) is 0 Å². The zero-order chi connectivity index (χ0) is 12.3. The van der Waals surface area contributed by atoms with Crippen molar-refractivity contribution in [2.75, 3.05) is 5.32 Å². The molecule has 1 heterocycles. The average Bonchev–Trinajstić information content (AvgIpc) is 2.09. The van der Waals surface area contributed by atoms with Crippen molar-refractivity contribution in [2.45, 2.75) is 26.3 Å². The first kappa shape index (κ1) is 12.2. The summed E-state index contributed by atoms with van der Waals surface area (Å²) in [6.07, 6.45) is 2.98. The van der Waals surface area contributed by atoms with E-state index in [2.05, 4.69) is 15.6 Å². The lowest BCUT2D eigenvalue weighted by molar-refractivity contribution is 0.243. The van der Waals surface area contributed by atoms with Crippen LogP contribution in [0.4, 0.5) is 10.6 Å². The molecule has 0 saturated carbocycles. The minimum absolute atomic E-state index is 0.0201. The fourth-order valence-corrected chi connectivity index (χ4v) is 1.06. The highest BCUT2D eigenvalue weighted by Crippen LogP contribution is 1.99. The topological polar surface area (TPSA) is 76.0 Å². The number of aromatic nitrogens is 2.